The second-order valence-electron chi connectivity index (χ2n) is 7.91. The molecule has 31 heavy (non-hydrogen) atoms. The van der Waals surface area contributed by atoms with E-state index in [1.807, 2.05) is 31.3 Å². The van der Waals surface area contributed by atoms with Crippen molar-refractivity contribution in [3.8, 4) is 0 Å². The van der Waals surface area contributed by atoms with Gasteiger partial charge in [-0.3, -0.25) is 19.4 Å². The van der Waals surface area contributed by atoms with Gasteiger partial charge in [-0.05, 0) is 25.1 Å². The number of nitro benzene ring substituents is 1. The number of carbonyl (C=O) groups excluding carboxylic acids is 1. The maximum atomic E-state index is 12.2. The first-order valence-corrected chi connectivity index (χ1v) is 10.3. The molecular weight excluding hydrogens is 418 g/mol. The van der Waals surface area contributed by atoms with Crippen LogP contribution in [0, 0.1) is 16.0 Å². The van der Waals surface area contributed by atoms with E-state index >= 15 is 0 Å². The lowest BCUT2D eigenvalue weighted by Gasteiger charge is -2.42. The third-order valence-corrected chi connectivity index (χ3v) is 6.17. The number of aromatic amines is 1. The van der Waals surface area contributed by atoms with Crippen LogP contribution in [0.15, 0.2) is 54.7 Å². The maximum Gasteiger partial charge on any atom is 0.309 e. The summed E-state index contributed by atoms with van der Waals surface area (Å²) in [5.41, 5.74) is 3.23. The predicted molar refractivity (Wildman–Crippen MR) is 123 cm³/mol. The number of aromatic nitrogens is 1. The number of piperidine rings is 1. The fraction of sp³-hybridized carbons (Fsp3) is 0.348. The molecule has 1 N–H and O–H groups in total. The molecule has 2 heterocycles. The Morgan fingerprint density at radius 3 is 2.55 bits per heavy atom. The summed E-state index contributed by atoms with van der Waals surface area (Å²) in [6, 6.07) is 15.3. The van der Waals surface area contributed by atoms with E-state index in [-0.39, 0.29) is 34.9 Å². The summed E-state index contributed by atoms with van der Waals surface area (Å²) >= 11 is 0. The van der Waals surface area contributed by atoms with Crippen molar-refractivity contribution in [3.05, 3.63) is 70.4 Å². The number of nitrogens with one attached hydrogen (secondary N) is 1. The zero-order valence-corrected chi connectivity index (χ0v) is 18.3. The number of nitrogens with zero attached hydrogens (tertiary/aromatic N) is 2. The number of fused-ring (bicyclic) bond motifs is 1. The van der Waals surface area contributed by atoms with Gasteiger partial charge in [0.2, 0.25) is 0 Å². The van der Waals surface area contributed by atoms with Crippen LogP contribution >= 0.6 is 12.4 Å². The number of halogens is 1. The molecule has 1 saturated heterocycles. The van der Waals surface area contributed by atoms with E-state index in [4.69, 9.17) is 4.74 Å². The molecule has 4 rings (SSSR count). The first-order valence-electron chi connectivity index (χ1n) is 10.3. The number of hydrogen-bond acceptors (Lipinski definition) is 4. The summed E-state index contributed by atoms with van der Waals surface area (Å²) in [5, 5.41) is 12.1. The molecule has 1 fully saturated rings. The van der Waals surface area contributed by atoms with Crippen molar-refractivity contribution in [2.45, 2.75) is 26.3 Å². The van der Waals surface area contributed by atoms with Crippen molar-refractivity contribution in [1.29, 1.82) is 0 Å². The lowest BCUT2D eigenvalue weighted by molar-refractivity contribution is -0.384. The van der Waals surface area contributed by atoms with E-state index in [1.165, 1.54) is 11.8 Å². The molecule has 0 unspecified atom stereocenters. The molecule has 0 amide bonds. The first kappa shape index (κ1) is 22.8. The molecule has 0 saturated carbocycles. The lowest BCUT2D eigenvalue weighted by Crippen LogP contribution is -2.54. The quantitative estimate of drug-likeness (QED) is 0.251. The minimum Gasteiger partial charge on any atom is -0.466 e. The van der Waals surface area contributed by atoms with Gasteiger partial charge in [-0.1, -0.05) is 18.2 Å². The molecule has 0 aliphatic carbocycles. The van der Waals surface area contributed by atoms with Gasteiger partial charge in [0.05, 0.1) is 30.5 Å². The number of ether oxygens (including phenoxy) is 1. The maximum absolute atomic E-state index is 12.2. The molecule has 0 spiro atoms. The van der Waals surface area contributed by atoms with Crippen LogP contribution in [-0.4, -0.2) is 35.6 Å². The molecule has 0 radical (unpaired) electrons. The predicted octanol–water partition coefficient (Wildman–Crippen LogP) is 4.98. The number of rotatable bonds is 6. The molecule has 8 heteroatoms. The number of carbonyl (C=O) groups is 1. The van der Waals surface area contributed by atoms with Gasteiger partial charge in [-0.15, -0.1) is 12.4 Å². The summed E-state index contributed by atoms with van der Waals surface area (Å²) in [5.74, 6) is -0.171. The highest BCUT2D eigenvalue weighted by Crippen LogP contribution is 2.35. The number of hydrogen-bond donors (Lipinski definition) is 1. The number of benzene rings is 2. The van der Waals surface area contributed by atoms with Gasteiger partial charge in [0.25, 0.3) is 5.69 Å². The molecule has 2 aromatic carbocycles. The Labute approximate surface area is 187 Å². The number of H-pyrrole nitrogens is 1. The van der Waals surface area contributed by atoms with Crippen LogP contribution < -0.4 is 4.48 Å². The monoisotopic (exact) mass is 444 g/mol. The zero-order valence-electron chi connectivity index (χ0n) is 17.5. The van der Waals surface area contributed by atoms with Crippen LogP contribution in [-0.2, 0) is 16.1 Å². The fourth-order valence-corrected chi connectivity index (χ4v) is 4.55. The number of quaternary nitrogens is 1. The third-order valence-electron chi connectivity index (χ3n) is 6.17. The van der Waals surface area contributed by atoms with Gasteiger partial charge >= 0.3 is 5.97 Å². The van der Waals surface area contributed by atoms with Gasteiger partial charge in [0.1, 0.15) is 12.2 Å². The van der Waals surface area contributed by atoms with Gasteiger partial charge in [-0.25, -0.2) is 0 Å². The molecule has 1 aliphatic heterocycles. The largest absolute Gasteiger partial charge is 0.466 e. The van der Waals surface area contributed by atoms with E-state index in [0.29, 0.717) is 17.6 Å². The second kappa shape index (κ2) is 9.49. The number of para-hydroxylation sites is 1. The van der Waals surface area contributed by atoms with Gasteiger partial charge < -0.3 is 9.72 Å². The highest BCUT2D eigenvalue weighted by Gasteiger charge is 2.39. The van der Waals surface area contributed by atoms with Gasteiger partial charge in [0.15, 0.2) is 0 Å². The normalized spacial score (nSPS) is 20.7. The Bertz CT molecular complexity index is 1060. The summed E-state index contributed by atoms with van der Waals surface area (Å²) in [4.78, 5) is 26.4. The van der Waals surface area contributed by atoms with Gasteiger partial charge in [0, 0.05) is 47.6 Å². The Morgan fingerprint density at radius 2 is 1.90 bits per heavy atom. The van der Waals surface area contributed by atoms with E-state index in [2.05, 4.69) is 17.1 Å². The highest BCUT2D eigenvalue weighted by atomic mass is 35.5. The lowest BCUT2D eigenvalue weighted by atomic mass is 9.93. The molecule has 1 aromatic heterocycles. The minimum absolute atomic E-state index is 0. The fourth-order valence-electron chi connectivity index (χ4n) is 4.55. The van der Waals surface area contributed by atoms with Crippen molar-refractivity contribution < 1.29 is 14.5 Å². The molecule has 0 bridgehead atoms. The van der Waals surface area contributed by atoms with E-state index in [9.17, 15) is 14.9 Å². The van der Waals surface area contributed by atoms with Crippen LogP contribution in [0.2, 0.25) is 0 Å². The molecule has 1 aliphatic rings. The Hall–Kier alpha value is -2.90. The van der Waals surface area contributed by atoms with E-state index in [1.54, 1.807) is 12.1 Å². The van der Waals surface area contributed by atoms with Crippen molar-refractivity contribution in [2.75, 3.05) is 19.7 Å². The van der Waals surface area contributed by atoms with Crippen molar-refractivity contribution in [2.24, 2.45) is 5.92 Å². The molecular formula is C23H27ClN3O4+. The van der Waals surface area contributed by atoms with Crippen LogP contribution in [0.25, 0.3) is 10.9 Å². The van der Waals surface area contributed by atoms with E-state index in [0.717, 1.165) is 42.4 Å². The highest BCUT2D eigenvalue weighted by molar-refractivity contribution is 5.86. The minimum atomic E-state index is -0.359. The second-order valence-corrected chi connectivity index (χ2v) is 7.91. The van der Waals surface area contributed by atoms with Crippen molar-refractivity contribution >= 4 is 40.7 Å². The number of nitro groups is 1. The standard InChI is InChI=1S/C23H26N3O4.ClH/c1-2-30-23(27)17-10-12-26(13-11-17,20-6-4-3-5-7-20)16-18-15-24-22-9-8-19(25(28)29)14-21(18)22;/h3-9,14-15,17,24H,2,10-13,16H2,1H3;1H/q+1;. The third kappa shape index (κ3) is 4.57. The summed E-state index contributed by atoms with van der Waals surface area (Å²) < 4.78 is 5.95. The van der Waals surface area contributed by atoms with E-state index < -0.39 is 0 Å². The van der Waals surface area contributed by atoms with Crippen LogP contribution in [0.1, 0.15) is 25.3 Å². The zero-order chi connectivity index (χ0) is 21.1. The molecule has 0 atom stereocenters. The van der Waals surface area contributed by atoms with Crippen molar-refractivity contribution in [1.82, 2.24) is 9.47 Å². The van der Waals surface area contributed by atoms with Crippen molar-refractivity contribution in [3.63, 3.8) is 0 Å². The number of likely N-dealkylation sites (tertiary alicyclic amines) is 1. The summed E-state index contributed by atoms with van der Waals surface area (Å²) in [6.07, 6.45) is 3.47. The van der Waals surface area contributed by atoms with Crippen LogP contribution in [0.5, 0.6) is 0 Å². The Kier molecular flexibility index (Phi) is 6.97. The topological polar surface area (TPSA) is 85.2 Å². The number of esters is 1. The summed E-state index contributed by atoms with van der Waals surface area (Å²) in [7, 11) is 0. The first-order chi connectivity index (χ1) is 14.5. The average Bonchev–Trinajstić information content (AvgIpc) is 3.17. The Balaban J connectivity index is 0.00000272. The Morgan fingerprint density at radius 1 is 1.19 bits per heavy atom. The SMILES string of the molecule is CCOC(=O)C1CC[N+](Cc2c[nH]c3ccc([N+](=O)[O-])cc23)(c2ccccc2)CC1.Cl. The van der Waals surface area contributed by atoms with Crippen LogP contribution in [0.4, 0.5) is 11.4 Å². The average molecular weight is 445 g/mol. The summed E-state index contributed by atoms with van der Waals surface area (Å²) in [6.45, 7) is 4.58. The molecule has 3 aromatic rings. The number of non-ortho nitro benzene ring substituents is 1. The smallest absolute Gasteiger partial charge is 0.309 e. The van der Waals surface area contributed by atoms with Gasteiger partial charge in [-0.2, -0.15) is 0 Å². The van der Waals surface area contributed by atoms with Crippen LogP contribution in [0.3, 0.4) is 0 Å². The molecule has 7 nitrogen and oxygen atoms in total. The molecule has 164 valence electrons.